The average molecular weight is 336 g/mol. The highest BCUT2D eigenvalue weighted by molar-refractivity contribution is 7.16. The van der Waals surface area contributed by atoms with E-state index in [2.05, 4.69) is 4.99 Å². The number of amides is 1. The second-order valence-electron chi connectivity index (χ2n) is 4.99. The van der Waals surface area contributed by atoms with Crippen molar-refractivity contribution in [2.75, 3.05) is 14.2 Å². The van der Waals surface area contributed by atoms with E-state index in [1.165, 1.54) is 18.4 Å². The lowest BCUT2D eigenvalue weighted by Crippen LogP contribution is -2.22. The molecule has 0 spiro atoms. The Kier molecular flexibility index (Phi) is 5.92. The summed E-state index contributed by atoms with van der Waals surface area (Å²) in [6.07, 6.45) is 2.15. The first-order valence-corrected chi connectivity index (χ1v) is 8.22. The maximum Gasteiger partial charge on any atom is 0.325 e. The van der Waals surface area contributed by atoms with Crippen molar-refractivity contribution in [1.82, 2.24) is 4.57 Å². The van der Waals surface area contributed by atoms with Gasteiger partial charge >= 0.3 is 5.97 Å². The quantitative estimate of drug-likeness (QED) is 0.760. The average Bonchev–Trinajstić information content (AvgIpc) is 2.89. The van der Waals surface area contributed by atoms with Crippen molar-refractivity contribution in [2.24, 2.45) is 4.99 Å². The monoisotopic (exact) mass is 336 g/mol. The molecule has 7 heteroatoms. The van der Waals surface area contributed by atoms with E-state index in [0.29, 0.717) is 17.0 Å². The molecule has 0 saturated carbocycles. The van der Waals surface area contributed by atoms with Crippen LogP contribution in [0.25, 0.3) is 10.2 Å². The van der Waals surface area contributed by atoms with Crippen molar-refractivity contribution in [3.63, 3.8) is 0 Å². The van der Waals surface area contributed by atoms with Gasteiger partial charge in [-0.1, -0.05) is 24.7 Å². The largest absolute Gasteiger partial charge is 0.497 e. The first kappa shape index (κ1) is 17.2. The van der Waals surface area contributed by atoms with Gasteiger partial charge in [0, 0.05) is 6.42 Å². The van der Waals surface area contributed by atoms with E-state index in [1.807, 2.05) is 25.1 Å². The predicted octanol–water partition coefficient (Wildman–Crippen LogP) is 2.50. The number of thiazole rings is 1. The van der Waals surface area contributed by atoms with Crippen LogP contribution < -0.4 is 9.54 Å². The molecule has 2 rings (SSSR count). The number of ether oxygens (including phenoxy) is 2. The fourth-order valence-electron chi connectivity index (χ4n) is 2.10. The van der Waals surface area contributed by atoms with Crippen molar-refractivity contribution in [1.29, 1.82) is 0 Å². The number of benzene rings is 1. The molecule has 0 bridgehead atoms. The fourth-order valence-corrected chi connectivity index (χ4v) is 3.18. The van der Waals surface area contributed by atoms with Crippen molar-refractivity contribution >= 4 is 33.4 Å². The number of methoxy groups -OCH3 is 2. The van der Waals surface area contributed by atoms with E-state index >= 15 is 0 Å². The van der Waals surface area contributed by atoms with Crippen molar-refractivity contribution in [3.05, 3.63) is 23.0 Å². The Morgan fingerprint density at radius 2 is 2.09 bits per heavy atom. The summed E-state index contributed by atoms with van der Waals surface area (Å²) in [6.45, 7) is 2.04. The molecular weight excluding hydrogens is 316 g/mol. The molecule has 23 heavy (non-hydrogen) atoms. The first-order chi connectivity index (χ1) is 11.1. The van der Waals surface area contributed by atoms with Crippen LogP contribution in [0, 0.1) is 0 Å². The standard InChI is InChI=1S/C16H20N2O4S/c1-4-5-6-14(19)17-16-18(10-15(20)22-3)12-8-7-11(21-2)9-13(12)23-16/h7-9H,4-6,10H2,1-3H3. The Bertz CT molecular complexity index is 776. The highest BCUT2D eigenvalue weighted by Crippen LogP contribution is 2.23. The zero-order valence-electron chi connectivity index (χ0n) is 13.5. The lowest BCUT2D eigenvalue weighted by Gasteiger charge is -2.04. The van der Waals surface area contributed by atoms with Gasteiger partial charge in [-0.05, 0) is 24.6 Å². The third kappa shape index (κ3) is 4.19. The summed E-state index contributed by atoms with van der Waals surface area (Å²) in [5.74, 6) is 0.153. The minimum atomic E-state index is -0.386. The highest BCUT2D eigenvalue weighted by Gasteiger charge is 2.12. The molecule has 0 aliphatic heterocycles. The molecule has 0 aliphatic carbocycles. The molecule has 6 nitrogen and oxygen atoms in total. The van der Waals surface area contributed by atoms with Gasteiger partial charge in [-0.25, -0.2) is 0 Å². The summed E-state index contributed by atoms with van der Waals surface area (Å²) in [5, 5.41) is 0. The maximum atomic E-state index is 12.0. The molecule has 1 amide bonds. The van der Waals surface area contributed by atoms with Crippen molar-refractivity contribution in [3.8, 4) is 5.75 Å². The van der Waals surface area contributed by atoms with E-state index in [-0.39, 0.29) is 18.4 Å². The van der Waals surface area contributed by atoms with Crippen molar-refractivity contribution in [2.45, 2.75) is 32.7 Å². The molecular formula is C16H20N2O4S. The second kappa shape index (κ2) is 7.92. The summed E-state index contributed by atoms with van der Waals surface area (Å²) in [5.41, 5.74) is 0.822. The number of carbonyl (C=O) groups is 2. The van der Waals surface area contributed by atoms with E-state index in [9.17, 15) is 9.59 Å². The minimum absolute atomic E-state index is 0.0166. The molecule has 0 unspecified atom stereocenters. The van der Waals surface area contributed by atoms with Crippen LogP contribution in [-0.2, 0) is 20.9 Å². The van der Waals surface area contributed by atoms with Crippen LogP contribution in [0.3, 0.4) is 0 Å². The van der Waals surface area contributed by atoms with E-state index in [0.717, 1.165) is 23.1 Å². The molecule has 1 aromatic heterocycles. The van der Waals surface area contributed by atoms with Gasteiger partial charge < -0.3 is 14.0 Å². The summed E-state index contributed by atoms with van der Waals surface area (Å²) in [7, 11) is 2.93. The SMILES string of the molecule is CCCCC(=O)N=c1sc2cc(OC)ccc2n1CC(=O)OC. The molecule has 0 saturated heterocycles. The van der Waals surface area contributed by atoms with Gasteiger partial charge in [-0.3, -0.25) is 9.59 Å². The van der Waals surface area contributed by atoms with Gasteiger partial charge in [0.1, 0.15) is 12.3 Å². The van der Waals surface area contributed by atoms with Crippen LogP contribution in [-0.4, -0.2) is 30.7 Å². The lowest BCUT2D eigenvalue weighted by molar-refractivity contribution is -0.141. The zero-order chi connectivity index (χ0) is 16.8. The molecule has 0 N–H and O–H groups in total. The number of fused-ring (bicyclic) bond motifs is 1. The fraction of sp³-hybridized carbons (Fsp3) is 0.438. The molecule has 0 radical (unpaired) electrons. The number of unbranched alkanes of at least 4 members (excludes halogenated alkanes) is 1. The van der Waals surface area contributed by atoms with Gasteiger partial charge in [0.25, 0.3) is 0 Å². The Labute approximate surface area is 138 Å². The number of esters is 1. The lowest BCUT2D eigenvalue weighted by atomic mass is 10.2. The van der Waals surface area contributed by atoms with Crippen LogP contribution >= 0.6 is 11.3 Å². The summed E-state index contributed by atoms with van der Waals surface area (Å²) in [4.78, 5) is 28.3. The zero-order valence-corrected chi connectivity index (χ0v) is 14.3. The predicted molar refractivity (Wildman–Crippen MR) is 88.5 cm³/mol. The first-order valence-electron chi connectivity index (χ1n) is 7.40. The Balaban J connectivity index is 2.52. The highest BCUT2D eigenvalue weighted by atomic mass is 32.1. The van der Waals surface area contributed by atoms with E-state index < -0.39 is 0 Å². The minimum Gasteiger partial charge on any atom is -0.497 e. The maximum absolute atomic E-state index is 12.0. The molecule has 0 fully saturated rings. The number of hydrogen-bond acceptors (Lipinski definition) is 5. The van der Waals surface area contributed by atoms with Gasteiger partial charge in [0.2, 0.25) is 5.91 Å². The second-order valence-corrected chi connectivity index (χ2v) is 6.00. The van der Waals surface area contributed by atoms with Crippen LogP contribution in [0.5, 0.6) is 5.75 Å². The van der Waals surface area contributed by atoms with E-state index in [1.54, 1.807) is 11.7 Å². The van der Waals surface area contributed by atoms with Crippen molar-refractivity contribution < 1.29 is 19.1 Å². The van der Waals surface area contributed by atoms with Gasteiger partial charge in [0.15, 0.2) is 4.80 Å². The topological polar surface area (TPSA) is 69.9 Å². The molecule has 124 valence electrons. The third-order valence-corrected chi connectivity index (χ3v) is 4.41. The molecule has 2 aromatic rings. The number of carbonyl (C=O) groups excluding carboxylic acids is 2. The van der Waals surface area contributed by atoms with Crippen LogP contribution in [0.1, 0.15) is 26.2 Å². The summed E-state index contributed by atoms with van der Waals surface area (Å²) < 4.78 is 12.6. The van der Waals surface area contributed by atoms with Gasteiger partial charge in [-0.2, -0.15) is 4.99 Å². The number of nitrogens with zero attached hydrogens (tertiary/aromatic N) is 2. The number of aromatic nitrogens is 1. The Morgan fingerprint density at radius 3 is 2.74 bits per heavy atom. The Hall–Kier alpha value is -2.15. The molecule has 0 atom stereocenters. The normalized spacial score (nSPS) is 11.7. The summed E-state index contributed by atoms with van der Waals surface area (Å²) >= 11 is 1.36. The smallest absolute Gasteiger partial charge is 0.325 e. The van der Waals surface area contributed by atoms with Crippen LogP contribution in [0.2, 0.25) is 0 Å². The van der Waals surface area contributed by atoms with Crippen LogP contribution in [0.15, 0.2) is 23.2 Å². The number of rotatable bonds is 6. The molecule has 1 heterocycles. The van der Waals surface area contributed by atoms with E-state index in [4.69, 9.17) is 9.47 Å². The van der Waals surface area contributed by atoms with Gasteiger partial charge in [0.05, 0.1) is 24.4 Å². The third-order valence-electron chi connectivity index (χ3n) is 3.37. The molecule has 1 aromatic carbocycles. The number of hydrogen-bond donors (Lipinski definition) is 0. The summed E-state index contributed by atoms with van der Waals surface area (Å²) in [6, 6.07) is 5.53. The Morgan fingerprint density at radius 1 is 1.30 bits per heavy atom. The van der Waals surface area contributed by atoms with Crippen LogP contribution in [0.4, 0.5) is 0 Å². The molecule has 0 aliphatic rings. The van der Waals surface area contributed by atoms with Gasteiger partial charge in [-0.15, -0.1) is 0 Å².